The highest BCUT2D eigenvalue weighted by molar-refractivity contribution is 5.11. The van der Waals surface area contributed by atoms with Gasteiger partial charge in [0.2, 0.25) is 0 Å². The van der Waals surface area contributed by atoms with E-state index in [-0.39, 0.29) is 0 Å². The Kier molecular flexibility index (Phi) is 2.37. The van der Waals surface area contributed by atoms with Gasteiger partial charge in [0, 0.05) is 18.2 Å². The average Bonchev–Trinajstić information content (AvgIpc) is 2.02. The summed E-state index contributed by atoms with van der Waals surface area (Å²) in [4.78, 5) is 0. The molecule has 1 saturated carbocycles. The normalized spacial score (nSPS) is 45.5. The molecule has 76 valence electrons. The van der Waals surface area contributed by atoms with Crippen LogP contribution in [0.2, 0.25) is 0 Å². The summed E-state index contributed by atoms with van der Waals surface area (Å²) in [5.74, 6) is 0.878. The van der Waals surface area contributed by atoms with Crippen molar-refractivity contribution in [2.75, 3.05) is 6.61 Å². The average molecular weight is 183 g/mol. The highest BCUT2D eigenvalue weighted by atomic mass is 16.5. The summed E-state index contributed by atoms with van der Waals surface area (Å²) in [6.07, 6.45) is 4.38. The van der Waals surface area contributed by atoms with E-state index >= 15 is 0 Å². The third-order valence-corrected chi connectivity index (χ3v) is 3.70. The second-order valence-electron chi connectivity index (χ2n) is 4.84. The van der Waals surface area contributed by atoms with Crippen LogP contribution in [-0.4, -0.2) is 24.3 Å². The van der Waals surface area contributed by atoms with Gasteiger partial charge < -0.3 is 10.1 Å². The van der Waals surface area contributed by atoms with Gasteiger partial charge in [-0.2, -0.15) is 0 Å². The fourth-order valence-corrected chi connectivity index (χ4v) is 3.16. The van der Waals surface area contributed by atoms with Gasteiger partial charge in [-0.1, -0.05) is 6.92 Å². The first-order valence-electron chi connectivity index (χ1n) is 5.55. The number of hydrogen-bond acceptors (Lipinski definition) is 2. The molecule has 3 aliphatic rings. The maximum absolute atomic E-state index is 5.71. The molecule has 3 fully saturated rings. The molecule has 2 aliphatic heterocycles. The van der Waals surface area contributed by atoms with Gasteiger partial charge in [-0.15, -0.1) is 0 Å². The van der Waals surface area contributed by atoms with Crippen LogP contribution in [0.25, 0.3) is 0 Å². The van der Waals surface area contributed by atoms with Crippen molar-refractivity contribution in [3.63, 3.8) is 0 Å². The fraction of sp³-hybridized carbons (Fsp3) is 1.00. The molecular formula is C11H21NO. The Labute approximate surface area is 81.0 Å². The number of nitrogens with one attached hydrogen (secondary N) is 1. The Bertz CT molecular complexity index is 187. The molecule has 0 aromatic rings. The van der Waals surface area contributed by atoms with Crippen LogP contribution >= 0.6 is 0 Å². The molecule has 0 aromatic carbocycles. The van der Waals surface area contributed by atoms with Crippen molar-refractivity contribution in [1.29, 1.82) is 0 Å². The third kappa shape index (κ3) is 1.50. The monoisotopic (exact) mass is 183 g/mol. The van der Waals surface area contributed by atoms with Crippen molar-refractivity contribution in [2.24, 2.45) is 5.92 Å². The minimum Gasteiger partial charge on any atom is -0.377 e. The molecule has 2 bridgehead atoms. The lowest BCUT2D eigenvalue weighted by atomic mass is 9.64. The molecular weight excluding hydrogens is 162 g/mol. The number of piperidine rings is 1. The van der Waals surface area contributed by atoms with E-state index in [1.807, 2.05) is 0 Å². The van der Waals surface area contributed by atoms with E-state index in [9.17, 15) is 0 Å². The first kappa shape index (κ1) is 9.47. The number of fused-ring (bicyclic) bond motifs is 2. The maximum atomic E-state index is 5.71. The Balaban J connectivity index is 1.97. The third-order valence-electron chi connectivity index (χ3n) is 3.70. The van der Waals surface area contributed by atoms with Crippen LogP contribution < -0.4 is 5.32 Å². The van der Waals surface area contributed by atoms with Crippen LogP contribution in [0.3, 0.4) is 0 Å². The lowest BCUT2D eigenvalue weighted by Crippen LogP contribution is -2.72. The topological polar surface area (TPSA) is 21.3 Å². The standard InChI is InChI=1S/C11H21NO/c1-4-13-9(3)11-6-8(2)5-10(7-11)12-11/h8-10,12H,4-7H2,1-3H3/t8-,9?,10?,11?/m1/s1. The van der Waals surface area contributed by atoms with Crippen LogP contribution in [-0.2, 0) is 4.74 Å². The zero-order chi connectivity index (χ0) is 9.47. The quantitative estimate of drug-likeness (QED) is 0.722. The van der Waals surface area contributed by atoms with Crippen molar-refractivity contribution in [2.45, 2.75) is 57.7 Å². The predicted octanol–water partition coefficient (Wildman–Crippen LogP) is 1.94. The molecule has 4 atom stereocenters. The van der Waals surface area contributed by atoms with Crippen molar-refractivity contribution < 1.29 is 4.74 Å². The smallest absolute Gasteiger partial charge is 0.0729 e. The number of rotatable bonds is 3. The minimum absolute atomic E-state index is 0.332. The van der Waals surface area contributed by atoms with Gasteiger partial charge in [0.15, 0.2) is 0 Å². The molecule has 1 aliphatic carbocycles. The van der Waals surface area contributed by atoms with E-state index in [4.69, 9.17) is 4.74 Å². The van der Waals surface area contributed by atoms with E-state index < -0.39 is 0 Å². The van der Waals surface area contributed by atoms with E-state index in [0.29, 0.717) is 11.6 Å². The predicted molar refractivity (Wildman–Crippen MR) is 53.8 cm³/mol. The molecule has 2 saturated heterocycles. The number of ether oxygens (including phenoxy) is 1. The maximum Gasteiger partial charge on any atom is 0.0729 e. The Morgan fingerprint density at radius 2 is 2.23 bits per heavy atom. The van der Waals surface area contributed by atoms with Crippen LogP contribution in [0.1, 0.15) is 40.0 Å². The highest BCUT2D eigenvalue weighted by Gasteiger charge is 2.52. The van der Waals surface area contributed by atoms with Crippen LogP contribution in [0.4, 0.5) is 0 Å². The van der Waals surface area contributed by atoms with E-state index in [0.717, 1.165) is 18.6 Å². The molecule has 2 heterocycles. The van der Waals surface area contributed by atoms with Gasteiger partial charge in [0.25, 0.3) is 0 Å². The molecule has 1 N–H and O–H groups in total. The zero-order valence-corrected chi connectivity index (χ0v) is 8.97. The van der Waals surface area contributed by atoms with E-state index in [1.165, 1.54) is 19.3 Å². The van der Waals surface area contributed by atoms with Crippen LogP contribution in [0.15, 0.2) is 0 Å². The molecule has 2 nitrogen and oxygen atoms in total. The molecule has 3 rings (SSSR count). The lowest BCUT2D eigenvalue weighted by molar-refractivity contribution is -0.0830. The van der Waals surface area contributed by atoms with Crippen molar-refractivity contribution in [1.82, 2.24) is 5.32 Å². The summed E-state index contributed by atoms with van der Waals surface area (Å²) in [5.41, 5.74) is 0.332. The van der Waals surface area contributed by atoms with E-state index in [2.05, 4.69) is 26.1 Å². The molecule has 0 radical (unpaired) electrons. The molecule has 0 aromatic heterocycles. The molecule has 2 heteroatoms. The summed E-state index contributed by atoms with van der Waals surface area (Å²) in [5, 5.41) is 3.68. The highest BCUT2D eigenvalue weighted by Crippen LogP contribution is 2.43. The SMILES string of the molecule is CCOC(C)C12CC(C[C@@H](C)C1)N2. The van der Waals surface area contributed by atoms with Crippen molar-refractivity contribution in [3.8, 4) is 0 Å². The Morgan fingerprint density at radius 1 is 1.54 bits per heavy atom. The first-order valence-corrected chi connectivity index (χ1v) is 5.55. The lowest BCUT2D eigenvalue weighted by Gasteiger charge is -2.58. The Morgan fingerprint density at radius 3 is 2.77 bits per heavy atom. The zero-order valence-electron chi connectivity index (χ0n) is 8.97. The summed E-state index contributed by atoms with van der Waals surface area (Å²) in [6.45, 7) is 7.49. The van der Waals surface area contributed by atoms with Gasteiger partial charge in [-0.05, 0) is 39.0 Å². The van der Waals surface area contributed by atoms with Gasteiger partial charge in [-0.25, -0.2) is 0 Å². The van der Waals surface area contributed by atoms with Crippen molar-refractivity contribution >= 4 is 0 Å². The number of hydrogen-bond donors (Lipinski definition) is 1. The van der Waals surface area contributed by atoms with Gasteiger partial charge in [-0.3, -0.25) is 0 Å². The molecule has 13 heavy (non-hydrogen) atoms. The van der Waals surface area contributed by atoms with E-state index in [1.54, 1.807) is 0 Å². The molecule has 0 spiro atoms. The van der Waals surface area contributed by atoms with Gasteiger partial charge >= 0.3 is 0 Å². The minimum atomic E-state index is 0.332. The van der Waals surface area contributed by atoms with Gasteiger partial charge in [0.1, 0.15) is 0 Å². The van der Waals surface area contributed by atoms with Gasteiger partial charge in [0.05, 0.1) is 6.10 Å². The van der Waals surface area contributed by atoms with Crippen LogP contribution in [0.5, 0.6) is 0 Å². The summed E-state index contributed by atoms with van der Waals surface area (Å²) in [6, 6.07) is 0.784. The van der Waals surface area contributed by atoms with Crippen molar-refractivity contribution in [3.05, 3.63) is 0 Å². The van der Waals surface area contributed by atoms with Crippen LogP contribution in [0, 0.1) is 5.92 Å². The second-order valence-corrected chi connectivity index (χ2v) is 4.84. The summed E-state index contributed by atoms with van der Waals surface area (Å²) < 4.78 is 5.71. The Hall–Kier alpha value is -0.0800. The summed E-state index contributed by atoms with van der Waals surface area (Å²) >= 11 is 0. The first-order chi connectivity index (χ1) is 6.16. The molecule has 3 unspecified atom stereocenters. The second kappa shape index (κ2) is 3.25. The largest absolute Gasteiger partial charge is 0.377 e. The summed E-state index contributed by atoms with van der Waals surface area (Å²) in [7, 11) is 0. The fourth-order valence-electron chi connectivity index (χ4n) is 3.16. The molecule has 0 amide bonds.